The molecule has 1 unspecified atom stereocenters. The zero-order valence-electron chi connectivity index (χ0n) is 24.0. The topological polar surface area (TPSA) is 105 Å². The Morgan fingerprint density at radius 2 is 1.75 bits per heavy atom. The summed E-state index contributed by atoms with van der Waals surface area (Å²) in [6.07, 6.45) is 6.16. The van der Waals surface area contributed by atoms with Crippen molar-refractivity contribution in [1.29, 1.82) is 0 Å². The standard InChI is InChI=1S/C30H36O6S2.2Na/c1-3-5-16-37-19-20-10-8-11-21(17-20)26(12-6-7-13-28(32)33)38-27-15-14-22-24(31)18-25(30(34)35)36-29(22)23(27)9-4-2;;/h8,10-11,14-15,17-18,26H,3-7,9,12-13,16,19H2,1-2H3,(H,32,33)(H,34,35);;. The summed E-state index contributed by atoms with van der Waals surface area (Å²) in [6.45, 7) is 4.23. The molecule has 2 N–H and O–H groups in total. The summed E-state index contributed by atoms with van der Waals surface area (Å²) in [4.78, 5) is 36.2. The SMILES string of the molecule is CCCCSCc1cccc(C(CCCCC(=O)O)Sc2ccc3c(=O)cc(C(=O)O)oc3c2CCC)c1.[Na].[Na]. The molecule has 206 valence electrons. The number of carboxylic acids is 2. The van der Waals surface area contributed by atoms with Crippen molar-refractivity contribution in [3.8, 4) is 0 Å². The van der Waals surface area contributed by atoms with Crippen LogP contribution in [0.4, 0.5) is 0 Å². The van der Waals surface area contributed by atoms with Gasteiger partial charge in [-0.25, -0.2) is 4.79 Å². The Hall–Kier alpha value is -0.710. The number of rotatable bonds is 16. The van der Waals surface area contributed by atoms with E-state index in [0.29, 0.717) is 23.8 Å². The molecule has 3 rings (SSSR count). The van der Waals surface area contributed by atoms with E-state index in [2.05, 4.69) is 31.2 Å². The number of fused-ring (bicyclic) bond motifs is 1. The summed E-state index contributed by atoms with van der Waals surface area (Å²) < 4.78 is 5.74. The summed E-state index contributed by atoms with van der Waals surface area (Å²) in [6, 6.07) is 13.3. The van der Waals surface area contributed by atoms with Gasteiger partial charge in [-0.15, -0.1) is 11.8 Å². The van der Waals surface area contributed by atoms with Crippen LogP contribution >= 0.6 is 23.5 Å². The molecule has 2 radical (unpaired) electrons. The minimum atomic E-state index is -1.27. The van der Waals surface area contributed by atoms with Crippen molar-refractivity contribution in [2.24, 2.45) is 0 Å². The molecule has 0 amide bonds. The Morgan fingerprint density at radius 1 is 0.975 bits per heavy atom. The van der Waals surface area contributed by atoms with Crippen LogP contribution < -0.4 is 5.43 Å². The number of carboxylic acid groups (broad SMARTS) is 2. The van der Waals surface area contributed by atoms with E-state index in [4.69, 9.17) is 9.52 Å². The molecule has 6 nitrogen and oxygen atoms in total. The minimum Gasteiger partial charge on any atom is -0.481 e. The Balaban J connectivity index is 0.00000400. The van der Waals surface area contributed by atoms with Gasteiger partial charge in [-0.05, 0) is 54.7 Å². The zero-order valence-corrected chi connectivity index (χ0v) is 29.7. The van der Waals surface area contributed by atoms with Crippen molar-refractivity contribution in [1.82, 2.24) is 0 Å². The molecule has 2 aromatic carbocycles. The predicted molar refractivity (Wildman–Crippen MR) is 167 cm³/mol. The quantitative estimate of drug-likeness (QED) is 0.101. The number of carbonyl (C=O) groups is 2. The van der Waals surface area contributed by atoms with E-state index in [1.807, 2.05) is 24.8 Å². The average Bonchev–Trinajstić information content (AvgIpc) is 2.89. The van der Waals surface area contributed by atoms with Gasteiger partial charge in [0.05, 0.1) is 5.39 Å². The van der Waals surface area contributed by atoms with E-state index in [1.54, 1.807) is 17.8 Å². The molecular weight excluding hydrogens is 566 g/mol. The molecule has 1 aromatic heterocycles. The molecule has 0 saturated heterocycles. The van der Waals surface area contributed by atoms with Crippen LogP contribution in [0.1, 0.15) is 91.3 Å². The van der Waals surface area contributed by atoms with Gasteiger partial charge < -0.3 is 14.6 Å². The molecule has 0 aliphatic heterocycles. The second-order valence-corrected chi connectivity index (χ2v) is 11.7. The van der Waals surface area contributed by atoms with E-state index >= 15 is 0 Å². The number of aromatic carboxylic acids is 1. The molecule has 0 bridgehead atoms. The molecular formula is C30H36Na2O6S2. The first kappa shape index (κ1) is 37.3. The molecule has 0 aliphatic carbocycles. The normalized spacial score (nSPS) is 11.4. The van der Waals surface area contributed by atoms with Gasteiger partial charge in [0.1, 0.15) is 5.58 Å². The molecule has 1 heterocycles. The van der Waals surface area contributed by atoms with Crippen molar-refractivity contribution in [3.63, 3.8) is 0 Å². The number of unbranched alkanes of at least 4 members (excludes halogenated alkanes) is 2. The van der Waals surface area contributed by atoms with Gasteiger partial charge in [0.25, 0.3) is 0 Å². The van der Waals surface area contributed by atoms with Crippen molar-refractivity contribution in [3.05, 3.63) is 75.1 Å². The third-order valence-electron chi connectivity index (χ3n) is 6.28. The fraction of sp³-hybridized carbons (Fsp3) is 0.433. The van der Waals surface area contributed by atoms with Gasteiger partial charge in [-0.2, -0.15) is 11.8 Å². The number of aryl methyl sites for hydroxylation is 1. The Bertz CT molecular complexity index is 1310. The maximum Gasteiger partial charge on any atom is 0.371 e. The second-order valence-electron chi connectivity index (χ2n) is 9.35. The van der Waals surface area contributed by atoms with Gasteiger partial charge in [0.2, 0.25) is 5.76 Å². The van der Waals surface area contributed by atoms with Gasteiger partial charge in [0, 0.05) is 93.1 Å². The van der Waals surface area contributed by atoms with Crippen molar-refractivity contribution < 1.29 is 24.2 Å². The van der Waals surface area contributed by atoms with E-state index in [1.165, 1.54) is 24.0 Å². The monoisotopic (exact) mass is 602 g/mol. The van der Waals surface area contributed by atoms with Gasteiger partial charge in [-0.1, -0.05) is 57.4 Å². The van der Waals surface area contributed by atoms with Crippen LogP contribution in [-0.2, 0) is 17.0 Å². The number of hydrogen-bond acceptors (Lipinski definition) is 6. The molecule has 0 spiro atoms. The first-order valence-electron chi connectivity index (χ1n) is 13.2. The summed E-state index contributed by atoms with van der Waals surface area (Å²) >= 11 is 3.61. The maximum atomic E-state index is 12.6. The molecule has 0 aliphatic rings. The predicted octanol–water partition coefficient (Wildman–Crippen LogP) is 7.19. The second kappa shape index (κ2) is 19.5. The van der Waals surface area contributed by atoms with Crippen molar-refractivity contribution >= 4 is 106 Å². The third-order valence-corrected chi connectivity index (χ3v) is 8.82. The maximum absolute atomic E-state index is 12.6. The summed E-state index contributed by atoms with van der Waals surface area (Å²) in [5.74, 6) is -0.334. The first-order chi connectivity index (χ1) is 18.3. The summed E-state index contributed by atoms with van der Waals surface area (Å²) in [5, 5.41) is 19.0. The van der Waals surface area contributed by atoms with Crippen LogP contribution in [0.15, 0.2) is 56.6 Å². The Labute approximate surface area is 289 Å². The fourth-order valence-electron chi connectivity index (χ4n) is 4.33. The molecule has 40 heavy (non-hydrogen) atoms. The Kier molecular flexibility index (Phi) is 18.2. The van der Waals surface area contributed by atoms with E-state index in [0.717, 1.165) is 47.3 Å². The average molecular weight is 603 g/mol. The largest absolute Gasteiger partial charge is 0.481 e. The third kappa shape index (κ3) is 11.2. The van der Waals surface area contributed by atoms with E-state index in [9.17, 15) is 19.5 Å². The molecule has 0 saturated carbocycles. The Morgan fingerprint density at radius 3 is 2.42 bits per heavy atom. The van der Waals surface area contributed by atoms with Crippen LogP contribution in [0.3, 0.4) is 0 Å². The van der Waals surface area contributed by atoms with Crippen LogP contribution in [0.5, 0.6) is 0 Å². The summed E-state index contributed by atoms with van der Waals surface area (Å²) in [7, 11) is 0. The number of thioether (sulfide) groups is 2. The fourth-order valence-corrected chi connectivity index (χ4v) is 6.74. The molecule has 10 heteroatoms. The number of hydrogen-bond donors (Lipinski definition) is 2. The van der Waals surface area contributed by atoms with Crippen LogP contribution in [0.2, 0.25) is 0 Å². The zero-order chi connectivity index (χ0) is 27.5. The van der Waals surface area contributed by atoms with Gasteiger partial charge in [0.15, 0.2) is 5.43 Å². The van der Waals surface area contributed by atoms with Crippen LogP contribution in [0.25, 0.3) is 11.0 Å². The van der Waals surface area contributed by atoms with E-state index in [-0.39, 0.29) is 82.0 Å². The molecule has 3 aromatic rings. The summed E-state index contributed by atoms with van der Waals surface area (Å²) in [5.41, 5.74) is 3.27. The van der Waals surface area contributed by atoms with E-state index < -0.39 is 11.9 Å². The number of benzene rings is 2. The molecule has 1 atom stereocenters. The smallest absolute Gasteiger partial charge is 0.371 e. The van der Waals surface area contributed by atoms with Crippen LogP contribution in [0, 0.1) is 0 Å². The molecule has 0 fully saturated rings. The van der Waals surface area contributed by atoms with Crippen LogP contribution in [-0.4, -0.2) is 87.0 Å². The first-order valence-corrected chi connectivity index (χ1v) is 15.3. The van der Waals surface area contributed by atoms with Gasteiger partial charge in [-0.3, -0.25) is 9.59 Å². The van der Waals surface area contributed by atoms with Crippen molar-refractivity contribution in [2.45, 2.75) is 81.1 Å². The minimum absolute atomic E-state index is 0. The van der Waals surface area contributed by atoms with Gasteiger partial charge >= 0.3 is 11.9 Å². The number of aliphatic carboxylic acids is 1. The van der Waals surface area contributed by atoms with Crippen molar-refractivity contribution in [2.75, 3.05) is 5.75 Å².